The Bertz CT molecular complexity index is 451. The fourth-order valence-corrected chi connectivity index (χ4v) is 1.96. The molecule has 0 heterocycles. The molecule has 2 N–H and O–H groups in total. The number of rotatable bonds is 7. The molecule has 0 saturated carbocycles. The Balaban J connectivity index is 2.71. The third-order valence-electron chi connectivity index (χ3n) is 2.70. The molecule has 0 saturated heterocycles. The second kappa shape index (κ2) is 8.24. The average Bonchev–Trinajstić information content (AvgIpc) is 2.38. The standard InChI is InChI=1S/C14H20BrNO4/c1-9(17)12-5-4-11(15)8-13(12)20-10(2)14(18)16-6-7-19-3/h4-5,8-10,17H,6-7H2,1-3H3,(H,16,18)/t9-,10?/m1/s1. The van der Waals surface area contributed by atoms with Crippen molar-refractivity contribution in [3.63, 3.8) is 0 Å². The molecule has 20 heavy (non-hydrogen) atoms. The summed E-state index contributed by atoms with van der Waals surface area (Å²) in [6.45, 7) is 4.20. The number of hydrogen-bond donors (Lipinski definition) is 2. The first-order chi connectivity index (χ1) is 9.45. The van der Waals surface area contributed by atoms with E-state index in [2.05, 4.69) is 21.2 Å². The molecular weight excluding hydrogens is 326 g/mol. The molecule has 0 spiro atoms. The van der Waals surface area contributed by atoms with E-state index in [4.69, 9.17) is 9.47 Å². The summed E-state index contributed by atoms with van der Waals surface area (Å²) in [6, 6.07) is 5.32. The summed E-state index contributed by atoms with van der Waals surface area (Å²) in [4.78, 5) is 11.8. The SMILES string of the molecule is COCCNC(=O)C(C)Oc1cc(Br)ccc1[C@@H](C)O. The highest BCUT2D eigenvalue weighted by Crippen LogP contribution is 2.29. The highest BCUT2D eigenvalue weighted by atomic mass is 79.9. The Labute approximate surface area is 127 Å². The first-order valence-electron chi connectivity index (χ1n) is 6.36. The summed E-state index contributed by atoms with van der Waals surface area (Å²) >= 11 is 3.34. The number of halogens is 1. The zero-order valence-electron chi connectivity index (χ0n) is 11.9. The largest absolute Gasteiger partial charge is 0.480 e. The van der Waals surface area contributed by atoms with Crippen LogP contribution in [0, 0.1) is 0 Å². The molecule has 0 aliphatic carbocycles. The third-order valence-corrected chi connectivity index (χ3v) is 3.20. The van der Waals surface area contributed by atoms with Gasteiger partial charge in [-0.2, -0.15) is 0 Å². The monoisotopic (exact) mass is 345 g/mol. The van der Waals surface area contributed by atoms with E-state index in [-0.39, 0.29) is 5.91 Å². The van der Waals surface area contributed by atoms with Crippen molar-refractivity contribution < 1.29 is 19.4 Å². The van der Waals surface area contributed by atoms with Gasteiger partial charge in [-0.3, -0.25) is 4.79 Å². The number of aliphatic hydroxyl groups excluding tert-OH is 1. The Morgan fingerprint density at radius 2 is 2.15 bits per heavy atom. The molecule has 0 bridgehead atoms. The summed E-state index contributed by atoms with van der Waals surface area (Å²) < 4.78 is 11.3. The van der Waals surface area contributed by atoms with Gasteiger partial charge in [0.2, 0.25) is 0 Å². The van der Waals surface area contributed by atoms with E-state index >= 15 is 0 Å². The van der Waals surface area contributed by atoms with Gasteiger partial charge >= 0.3 is 0 Å². The van der Waals surface area contributed by atoms with E-state index in [0.29, 0.717) is 24.5 Å². The fourth-order valence-electron chi connectivity index (χ4n) is 1.62. The molecule has 0 aliphatic rings. The number of carbonyl (C=O) groups is 1. The zero-order valence-corrected chi connectivity index (χ0v) is 13.4. The summed E-state index contributed by atoms with van der Waals surface area (Å²) in [6.07, 6.45) is -1.32. The van der Waals surface area contributed by atoms with Crippen molar-refractivity contribution in [2.75, 3.05) is 20.3 Å². The predicted octanol–water partition coefficient (Wildman–Crippen LogP) is 2.03. The van der Waals surface area contributed by atoms with Gasteiger partial charge in [-0.15, -0.1) is 0 Å². The molecular formula is C14H20BrNO4. The Hall–Kier alpha value is -1.11. The first-order valence-corrected chi connectivity index (χ1v) is 7.15. The second-order valence-corrected chi connectivity index (χ2v) is 5.32. The molecule has 1 rings (SSSR count). The molecule has 0 aliphatic heterocycles. The number of carbonyl (C=O) groups excluding carboxylic acids is 1. The van der Waals surface area contributed by atoms with Crippen molar-refractivity contribution in [1.82, 2.24) is 5.32 Å². The van der Waals surface area contributed by atoms with Gasteiger partial charge in [-0.05, 0) is 26.0 Å². The van der Waals surface area contributed by atoms with E-state index < -0.39 is 12.2 Å². The Kier molecular flexibility index (Phi) is 6.98. The van der Waals surface area contributed by atoms with Gasteiger partial charge in [0.05, 0.1) is 12.7 Å². The minimum absolute atomic E-state index is 0.224. The van der Waals surface area contributed by atoms with Crippen molar-refractivity contribution in [3.05, 3.63) is 28.2 Å². The molecule has 5 nitrogen and oxygen atoms in total. The molecule has 1 unspecified atom stereocenters. The van der Waals surface area contributed by atoms with Crippen LogP contribution in [0.3, 0.4) is 0 Å². The van der Waals surface area contributed by atoms with Gasteiger partial charge < -0.3 is 19.9 Å². The van der Waals surface area contributed by atoms with Crippen LogP contribution in [0.1, 0.15) is 25.5 Å². The number of amides is 1. The lowest BCUT2D eigenvalue weighted by Crippen LogP contribution is -2.38. The van der Waals surface area contributed by atoms with E-state index in [0.717, 1.165) is 4.47 Å². The minimum atomic E-state index is -0.665. The summed E-state index contributed by atoms with van der Waals surface area (Å²) in [5.74, 6) is 0.266. The van der Waals surface area contributed by atoms with Crippen LogP contribution in [-0.2, 0) is 9.53 Å². The number of benzene rings is 1. The topological polar surface area (TPSA) is 67.8 Å². The van der Waals surface area contributed by atoms with Crippen molar-refractivity contribution in [3.8, 4) is 5.75 Å². The molecule has 6 heteroatoms. The van der Waals surface area contributed by atoms with E-state index in [1.807, 2.05) is 6.07 Å². The lowest BCUT2D eigenvalue weighted by Gasteiger charge is -2.18. The molecule has 2 atom stereocenters. The van der Waals surface area contributed by atoms with Crippen molar-refractivity contribution in [2.24, 2.45) is 0 Å². The molecule has 0 radical (unpaired) electrons. The van der Waals surface area contributed by atoms with E-state index in [1.54, 1.807) is 33.1 Å². The molecule has 0 fully saturated rings. The maximum atomic E-state index is 11.8. The number of nitrogens with one attached hydrogen (secondary N) is 1. The van der Waals surface area contributed by atoms with Gasteiger partial charge in [0.25, 0.3) is 5.91 Å². The quantitative estimate of drug-likeness (QED) is 0.742. The fraction of sp³-hybridized carbons (Fsp3) is 0.500. The highest BCUT2D eigenvalue weighted by molar-refractivity contribution is 9.10. The number of ether oxygens (including phenoxy) is 2. The van der Waals surface area contributed by atoms with Crippen LogP contribution in [0.4, 0.5) is 0 Å². The Morgan fingerprint density at radius 1 is 1.45 bits per heavy atom. The summed E-state index contributed by atoms with van der Waals surface area (Å²) in [7, 11) is 1.57. The highest BCUT2D eigenvalue weighted by Gasteiger charge is 2.17. The summed E-state index contributed by atoms with van der Waals surface area (Å²) in [5, 5.41) is 12.4. The van der Waals surface area contributed by atoms with E-state index in [9.17, 15) is 9.90 Å². The zero-order chi connectivity index (χ0) is 15.1. The van der Waals surface area contributed by atoms with Crippen molar-refractivity contribution in [2.45, 2.75) is 26.1 Å². The Morgan fingerprint density at radius 3 is 2.75 bits per heavy atom. The van der Waals surface area contributed by atoms with Crippen LogP contribution in [0.25, 0.3) is 0 Å². The number of hydrogen-bond acceptors (Lipinski definition) is 4. The smallest absolute Gasteiger partial charge is 0.260 e. The molecule has 1 aromatic carbocycles. The molecule has 0 aromatic heterocycles. The lowest BCUT2D eigenvalue weighted by atomic mass is 10.1. The maximum absolute atomic E-state index is 11.8. The predicted molar refractivity (Wildman–Crippen MR) is 79.8 cm³/mol. The first kappa shape index (κ1) is 16.9. The normalized spacial score (nSPS) is 13.7. The summed E-state index contributed by atoms with van der Waals surface area (Å²) in [5.41, 5.74) is 0.643. The van der Waals surface area contributed by atoms with Gasteiger partial charge in [-0.25, -0.2) is 0 Å². The third kappa shape index (κ3) is 5.11. The number of methoxy groups -OCH3 is 1. The van der Waals surface area contributed by atoms with Gasteiger partial charge in [0.1, 0.15) is 5.75 Å². The van der Waals surface area contributed by atoms with Gasteiger partial charge in [-0.1, -0.05) is 22.0 Å². The van der Waals surface area contributed by atoms with Crippen LogP contribution in [0.5, 0.6) is 5.75 Å². The van der Waals surface area contributed by atoms with Crippen molar-refractivity contribution >= 4 is 21.8 Å². The van der Waals surface area contributed by atoms with Crippen LogP contribution >= 0.6 is 15.9 Å². The maximum Gasteiger partial charge on any atom is 0.260 e. The number of aliphatic hydroxyl groups is 1. The van der Waals surface area contributed by atoms with Crippen LogP contribution in [0.2, 0.25) is 0 Å². The van der Waals surface area contributed by atoms with Gasteiger partial charge in [0.15, 0.2) is 6.10 Å². The van der Waals surface area contributed by atoms with Crippen LogP contribution < -0.4 is 10.1 Å². The average molecular weight is 346 g/mol. The van der Waals surface area contributed by atoms with Crippen LogP contribution in [0.15, 0.2) is 22.7 Å². The minimum Gasteiger partial charge on any atom is -0.480 e. The van der Waals surface area contributed by atoms with Gasteiger partial charge in [0, 0.05) is 23.7 Å². The second-order valence-electron chi connectivity index (χ2n) is 4.40. The lowest BCUT2D eigenvalue weighted by molar-refractivity contribution is -0.127. The van der Waals surface area contributed by atoms with Crippen molar-refractivity contribution in [1.29, 1.82) is 0 Å². The van der Waals surface area contributed by atoms with E-state index in [1.165, 1.54) is 0 Å². The van der Waals surface area contributed by atoms with Crippen LogP contribution in [-0.4, -0.2) is 37.4 Å². The molecule has 112 valence electrons. The molecule has 1 amide bonds. The molecule has 1 aromatic rings.